The number of thiophene rings is 1. The Morgan fingerprint density at radius 3 is 3.07 bits per heavy atom. The van der Waals surface area contributed by atoms with E-state index in [4.69, 9.17) is 0 Å². The maximum atomic E-state index is 12.7. The Hall–Kier alpha value is -2.52. The van der Waals surface area contributed by atoms with Gasteiger partial charge in [0.1, 0.15) is 24.1 Å². The summed E-state index contributed by atoms with van der Waals surface area (Å²) >= 11 is 1.56. The molecule has 0 spiro atoms. The third-order valence-electron chi connectivity index (χ3n) is 5.44. The van der Waals surface area contributed by atoms with Crippen molar-refractivity contribution in [2.75, 3.05) is 19.6 Å². The van der Waals surface area contributed by atoms with Crippen LogP contribution in [0, 0.1) is 0 Å². The van der Waals surface area contributed by atoms with Gasteiger partial charge in [-0.05, 0) is 50.2 Å². The fraction of sp³-hybridized carbons (Fsp3) is 0.500. The Morgan fingerprint density at radius 2 is 2.28 bits per heavy atom. The van der Waals surface area contributed by atoms with Crippen LogP contribution in [0.25, 0.3) is 16.1 Å². The minimum absolute atomic E-state index is 0.0883. The largest absolute Gasteiger partial charge is 0.354 e. The van der Waals surface area contributed by atoms with Crippen LogP contribution in [-0.2, 0) is 11.3 Å². The van der Waals surface area contributed by atoms with E-state index < -0.39 is 0 Å². The summed E-state index contributed by atoms with van der Waals surface area (Å²) in [5.74, 6) is -0.200. The molecule has 0 saturated carbocycles. The second kappa shape index (κ2) is 8.87. The fourth-order valence-corrected chi connectivity index (χ4v) is 4.47. The Labute approximate surface area is 173 Å². The highest BCUT2D eigenvalue weighted by Gasteiger charge is 2.17. The summed E-state index contributed by atoms with van der Waals surface area (Å²) in [5, 5.41) is 13.4. The minimum Gasteiger partial charge on any atom is -0.354 e. The summed E-state index contributed by atoms with van der Waals surface area (Å²) in [6, 6.07) is 6.26. The third kappa shape index (κ3) is 4.56. The molecular formula is C20H26N6O2S. The molecular weight excluding hydrogens is 388 g/mol. The lowest BCUT2D eigenvalue weighted by Gasteiger charge is -2.33. The van der Waals surface area contributed by atoms with Gasteiger partial charge in [-0.25, -0.2) is 9.20 Å². The van der Waals surface area contributed by atoms with Crippen LogP contribution in [0.4, 0.5) is 0 Å². The number of amides is 1. The molecule has 0 aromatic carbocycles. The highest BCUT2D eigenvalue weighted by atomic mass is 32.1. The fourth-order valence-electron chi connectivity index (χ4n) is 3.79. The molecule has 0 radical (unpaired) electrons. The monoisotopic (exact) mass is 414 g/mol. The van der Waals surface area contributed by atoms with Crippen molar-refractivity contribution < 1.29 is 4.79 Å². The van der Waals surface area contributed by atoms with Crippen LogP contribution in [0.1, 0.15) is 32.6 Å². The maximum Gasteiger partial charge on any atom is 0.293 e. The van der Waals surface area contributed by atoms with Gasteiger partial charge in [-0.1, -0.05) is 12.5 Å². The molecule has 0 bridgehead atoms. The zero-order chi connectivity index (χ0) is 20.2. The molecule has 1 fully saturated rings. The molecule has 8 nitrogen and oxygen atoms in total. The molecule has 3 aromatic rings. The smallest absolute Gasteiger partial charge is 0.293 e. The standard InChI is InChI=1S/C20H26N6O2S/c1-15-6-2-3-9-24(15)10-5-8-21-19(27)13-25-20(28)17-12-16(18-7-4-11-29-18)23-26(17)14-22-25/h4,7,11-12,14-15H,2-3,5-6,8-10,13H2,1H3,(H,21,27)/t15-/m1/s1. The lowest BCUT2D eigenvalue weighted by atomic mass is 10.0. The molecule has 3 aromatic heterocycles. The van der Waals surface area contributed by atoms with E-state index in [0.29, 0.717) is 18.1 Å². The van der Waals surface area contributed by atoms with Gasteiger partial charge in [0.15, 0.2) is 0 Å². The number of rotatable bonds is 7. The second-order valence-corrected chi connectivity index (χ2v) is 8.46. The molecule has 1 saturated heterocycles. The minimum atomic E-state index is -0.319. The van der Waals surface area contributed by atoms with E-state index in [1.807, 2.05) is 17.5 Å². The molecule has 4 rings (SSSR count). The van der Waals surface area contributed by atoms with Crippen LogP contribution in [0.2, 0.25) is 0 Å². The van der Waals surface area contributed by atoms with Crippen LogP contribution in [-0.4, -0.2) is 55.9 Å². The van der Waals surface area contributed by atoms with Crippen molar-refractivity contribution in [1.82, 2.24) is 29.6 Å². The Morgan fingerprint density at radius 1 is 1.38 bits per heavy atom. The molecule has 1 aliphatic rings. The van der Waals surface area contributed by atoms with E-state index in [1.165, 1.54) is 34.8 Å². The predicted molar refractivity (Wildman–Crippen MR) is 113 cm³/mol. The summed E-state index contributed by atoms with van der Waals surface area (Å²) in [6.45, 7) is 4.93. The van der Waals surface area contributed by atoms with Gasteiger partial charge >= 0.3 is 0 Å². The quantitative estimate of drug-likeness (QED) is 0.598. The van der Waals surface area contributed by atoms with Gasteiger partial charge < -0.3 is 10.2 Å². The molecule has 1 aliphatic heterocycles. The zero-order valence-corrected chi connectivity index (χ0v) is 17.4. The number of nitrogens with one attached hydrogen (secondary N) is 1. The molecule has 9 heteroatoms. The molecule has 4 heterocycles. The van der Waals surface area contributed by atoms with E-state index >= 15 is 0 Å². The van der Waals surface area contributed by atoms with Crippen LogP contribution in [0.3, 0.4) is 0 Å². The average Bonchev–Trinajstić information content (AvgIpc) is 3.38. The second-order valence-electron chi connectivity index (χ2n) is 7.51. The Kier molecular flexibility index (Phi) is 6.05. The Bertz CT molecular complexity index is 1030. The summed E-state index contributed by atoms with van der Waals surface area (Å²) in [5.41, 5.74) is 0.823. The first-order valence-electron chi connectivity index (χ1n) is 10.1. The number of hydrogen-bond acceptors (Lipinski definition) is 6. The SMILES string of the molecule is C[C@@H]1CCCCN1CCCNC(=O)Cn1ncn2nc(-c3cccs3)cc2c1=O. The maximum absolute atomic E-state index is 12.7. The topological polar surface area (TPSA) is 84.5 Å². The van der Waals surface area contributed by atoms with Crippen LogP contribution < -0.4 is 10.9 Å². The number of hydrogen-bond donors (Lipinski definition) is 1. The number of carbonyl (C=O) groups is 1. The van der Waals surface area contributed by atoms with Gasteiger partial charge in [-0.3, -0.25) is 9.59 Å². The van der Waals surface area contributed by atoms with E-state index in [1.54, 1.807) is 17.4 Å². The van der Waals surface area contributed by atoms with Crippen molar-refractivity contribution in [2.24, 2.45) is 0 Å². The molecule has 154 valence electrons. The van der Waals surface area contributed by atoms with Gasteiger partial charge in [0.2, 0.25) is 5.91 Å². The highest BCUT2D eigenvalue weighted by Crippen LogP contribution is 2.23. The number of likely N-dealkylation sites (tertiary alicyclic amines) is 1. The van der Waals surface area contributed by atoms with E-state index in [9.17, 15) is 9.59 Å². The molecule has 0 aliphatic carbocycles. The predicted octanol–water partition coefficient (Wildman–Crippen LogP) is 2.00. The lowest BCUT2D eigenvalue weighted by Crippen LogP contribution is -2.40. The average molecular weight is 415 g/mol. The van der Waals surface area contributed by atoms with Crippen LogP contribution >= 0.6 is 11.3 Å². The molecule has 1 atom stereocenters. The summed E-state index contributed by atoms with van der Waals surface area (Å²) < 4.78 is 2.66. The number of fused-ring (bicyclic) bond motifs is 1. The highest BCUT2D eigenvalue weighted by molar-refractivity contribution is 7.13. The molecule has 1 amide bonds. The van der Waals surface area contributed by atoms with Gasteiger partial charge in [-0.15, -0.1) is 11.3 Å². The number of carbonyl (C=O) groups excluding carboxylic acids is 1. The molecule has 1 N–H and O–H groups in total. The summed E-state index contributed by atoms with van der Waals surface area (Å²) in [6.07, 6.45) is 6.21. The van der Waals surface area contributed by atoms with Crippen molar-refractivity contribution in [1.29, 1.82) is 0 Å². The van der Waals surface area contributed by atoms with E-state index in [0.717, 1.165) is 30.1 Å². The summed E-state index contributed by atoms with van der Waals surface area (Å²) in [7, 11) is 0. The third-order valence-corrected chi connectivity index (χ3v) is 6.33. The normalized spacial score (nSPS) is 17.6. The van der Waals surface area contributed by atoms with Gasteiger partial charge in [0, 0.05) is 19.1 Å². The molecule has 29 heavy (non-hydrogen) atoms. The van der Waals surface area contributed by atoms with Gasteiger partial charge in [0.25, 0.3) is 5.56 Å². The zero-order valence-electron chi connectivity index (χ0n) is 16.6. The summed E-state index contributed by atoms with van der Waals surface area (Å²) in [4.78, 5) is 28.4. The number of nitrogens with zero attached hydrogens (tertiary/aromatic N) is 5. The lowest BCUT2D eigenvalue weighted by molar-refractivity contribution is -0.121. The van der Waals surface area contributed by atoms with Crippen molar-refractivity contribution in [3.05, 3.63) is 40.3 Å². The first-order valence-corrected chi connectivity index (χ1v) is 11.0. The first kappa shape index (κ1) is 19.8. The van der Waals surface area contributed by atoms with Crippen molar-refractivity contribution in [2.45, 2.75) is 45.2 Å². The van der Waals surface area contributed by atoms with E-state index in [-0.39, 0.29) is 18.0 Å². The van der Waals surface area contributed by atoms with Crippen LogP contribution in [0.5, 0.6) is 0 Å². The van der Waals surface area contributed by atoms with Crippen molar-refractivity contribution >= 4 is 22.8 Å². The number of piperidine rings is 1. The number of aromatic nitrogens is 4. The Balaban J connectivity index is 1.33. The molecule has 0 unspecified atom stereocenters. The van der Waals surface area contributed by atoms with Crippen LogP contribution in [0.15, 0.2) is 34.7 Å². The van der Waals surface area contributed by atoms with Gasteiger partial charge in [0.05, 0.1) is 4.88 Å². The van der Waals surface area contributed by atoms with Gasteiger partial charge in [-0.2, -0.15) is 10.2 Å². The van der Waals surface area contributed by atoms with Crippen molar-refractivity contribution in [3.63, 3.8) is 0 Å². The first-order chi connectivity index (χ1) is 14.1. The van der Waals surface area contributed by atoms with E-state index in [2.05, 4.69) is 27.3 Å². The van der Waals surface area contributed by atoms with Crippen molar-refractivity contribution in [3.8, 4) is 10.6 Å².